The van der Waals surface area contributed by atoms with Crippen LogP contribution in [0.5, 0.6) is 0 Å². The lowest BCUT2D eigenvalue weighted by molar-refractivity contribution is -0.116. The average Bonchev–Trinajstić information content (AvgIpc) is 2.72. The van der Waals surface area contributed by atoms with Crippen LogP contribution in [0.2, 0.25) is 5.02 Å². The van der Waals surface area contributed by atoms with E-state index < -0.39 is 0 Å². The zero-order valence-corrected chi connectivity index (χ0v) is 12.7. The van der Waals surface area contributed by atoms with Gasteiger partial charge in [0.25, 0.3) is 0 Å². The van der Waals surface area contributed by atoms with Gasteiger partial charge in [0.05, 0.1) is 5.69 Å². The van der Waals surface area contributed by atoms with Crippen molar-refractivity contribution in [3.63, 3.8) is 0 Å². The summed E-state index contributed by atoms with van der Waals surface area (Å²) in [4.78, 5) is 17.0. The molecule has 3 N–H and O–H groups in total. The fourth-order valence-corrected chi connectivity index (χ4v) is 2.98. The number of carbonyl (C=O) groups is 1. The third kappa shape index (κ3) is 3.79. The summed E-state index contributed by atoms with van der Waals surface area (Å²) in [5.74, 6) is -0.106. The minimum atomic E-state index is -0.106. The van der Waals surface area contributed by atoms with Gasteiger partial charge in [-0.1, -0.05) is 29.8 Å². The SMILES string of the molecule is Cc1nc(NC(=O)CCN)sc1Cc1ccccc1Cl. The molecule has 0 spiro atoms. The summed E-state index contributed by atoms with van der Waals surface area (Å²) in [5.41, 5.74) is 7.32. The fourth-order valence-electron chi connectivity index (χ4n) is 1.77. The number of aromatic nitrogens is 1. The van der Waals surface area contributed by atoms with Gasteiger partial charge in [0.2, 0.25) is 5.91 Å². The summed E-state index contributed by atoms with van der Waals surface area (Å²) in [6, 6.07) is 7.73. The van der Waals surface area contributed by atoms with Crippen LogP contribution in [0.15, 0.2) is 24.3 Å². The molecule has 2 rings (SSSR count). The van der Waals surface area contributed by atoms with E-state index in [2.05, 4.69) is 10.3 Å². The van der Waals surface area contributed by atoms with Crippen LogP contribution in [0.25, 0.3) is 0 Å². The second kappa shape index (κ2) is 6.83. The summed E-state index contributed by atoms with van der Waals surface area (Å²) >= 11 is 7.63. The number of thiazole rings is 1. The van der Waals surface area contributed by atoms with Crippen LogP contribution in [0.1, 0.15) is 22.6 Å². The number of aryl methyl sites for hydroxylation is 1. The Hall–Kier alpha value is -1.43. The van der Waals surface area contributed by atoms with E-state index in [1.54, 1.807) is 0 Å². The van der Waals surface area contributed by atoms with Gasteiger partial charge in [0.1, 0.15) is 0 Å². The van der Waals surface area contributed by atoms with Crippen LogP contribution in [0.3, 0.4) is 0 Å². The fraction of sp³-hybridized carbons (Fsp3) is 0.286. The first-order chi connectivity index (χ1) is 9.60. The third-order valence-corrected chi connectivity index (χ3v) is 4.26. The normalized spacial score (nSPS) is 10.6. The molecule has 1 aromatic carbocycles. The molecule has 20 heavy (non-hydrogen) atoms. The number of nitrogens with one attached hydrogen (secondary N) is 1. The molecule has 1 heterocycles. The van der Waals surface area contributed by atoms with Gasteiger partial charge in [0.15, 0.2) is 5.13 Å². The number of hydrogen-bond acceptors (Lipinski definition) is 4. The quantitative estimate of drug-likeness (QED) is 0.892. The van der Waals surface area contributed by atoms with Gasteiger partial charge in [-0.3, -0.25) is 4.79 Å². The first-order valence-corrected chi connectivity index (χ1v) is 7.49. The smallest absolute Gasteiger partial charge is 0.227 e. The lowest BCUT2D eigenvalue weighted by atomic mass is 10.1. The van der Waals surface area contributed by atoms with Gasteiger partial charge in [-0.15, -0.1) is 11.3 Å². The highest BCUT2D eigenvalue weighted by Crippen LogP contribution is 2.27. The van der Waals surface area contributed by atoms with Crippen molar-refractivity contribution in [2.75, 3.05) is 11.9 Å². The molecular weight excluding hydrogens is 294 g/mol. The van der Waals surface area contributed by atoms with Gasteiger partial charge < -0.3 is 11.1 Å². The number of halogens is 1. The zero-order valence-electron chi connectivity index (χ0n) is 11.1. The Morgan fingerprint density at radius 2 is 2.20 bits per heavy atom. The largest absolute Gasteiger partial charge is 0.330 e. The maximum Gasteiger partial charge on any atom is 0.227 e. The van der Waals surface area contributed by atoms with Gasteiger partial charge in [0, 0.05) is 29.3 Å². The van der Waals surface area contributed by atoms with E-state index in [1.807, 2.05) is 31.2 Å². The van der Waals surface area contributed by atoms with Crippen molar-refractivity contribution in [2.45, 2.75) is 19.8 Å². The number of rotatable bonds is 5. The van der Waals surface area contributed by atoms with E-state index in [1.165, 1.54) is 11.3 Å². The van der Waals surface area contributed by atoms with Gasteiger partial charge >= 0.3 is 0 Å². The maximum absolute atomic E-state index is 11.5. The monoisotopic (exact) mass is 309 g/mol. The molecule has 0 saturated carbocycles. The number of amides is 1. The van der Waals surface area contributed by atoms with Crippen molar-refractivity contribution in [2.24, 2.45) is 5.73 Å². The van der Waals surface area contributed by atoms with E-state index >= 15 is 0 Å². The predicted octanol–water partition coefficient (Wildman–Crippen LogP) is 2.98. The molecule has 0 unspecified atom stereocenters. The van der Waals surface area contributed by atoms with Crippen molar-refractivity contribution in [1.29, 1.82) is 0 Å². The molecule has 0 fully saturated rings. The van der Waals surface area contributed by atoms with Gasteiger partial charge in [-0.2, -0.15) is 0 Å². The standard InChI is InChI=1S/C14H16ClN3OS/c1-9-12(8-10-4-2-3-5-11(10)15)20-14(17-9)18-13(19)6-7-16/h2-5H,6-8,16H2,1H3,(H,17,18,19). The number of carbonyl (C=O) groups excluding carboxylic acids is 1. The van der Waals surface area contributed by atoms with Crippen LogP contribution in [-0.2, 0) is 11.2 Å². The molecule has 1 amide bonds. The van der Waals surface area contributed by atoms with Crippen LogP contribution in [-0.4, -0.2) is 17.4 Å². The Kier molecular flexibility index (Phi) is 5.11. The van der Waals surface area contributed by atoms with Crippen molar-refractivity contribution in [3.8, 4) is 0 Å². The molecule has 0 aliphatic rings. The van der Waals surface area contributed by atoms with E-state index in [4.69, 9.17) is 17.3 Å². The Morgan fingerprint density at radius 3 is 2.90 bits per heavy atom. The van der Waals surface area contributed by atoms with E-state index in [0.717, 1.165) is 27.6 Å². The van der Waals surface area contributed by atoms with Crippen molar-refractivity contribution in [1.82, 2.24) is 4.98 Å². The minimum absolute atomic E-state index is 0.106. The first kappa shape index (κ1) is 15.0. The maximum atomic E-state index is 11.5. The summed E-state index contributed by atoms with van der Waals surface area (Å²) in [7, 11) is 0. The van der Waals surface area contributed by atoms with Gasteiger partial charge in [-0.05, 0) is 18.6 Å². The van der Waals surface area contributed by atoms with Crippen LogP contribution in [0, 0.1) is 6.92 Å². The third-order valence-electron chi connectivity index (χ3n) is 2.82. The number of nitrogens with two attached hydrogens (primary N) is 1. The molecule has 4 nitrogen and oxygen atoms in total. The summed E-state index contributed by atoms with van der Waals surface area (Å²) in [6.45, 7) is 2.27. The van der Waals surface area contributed by atoms with Crippen molar-refractivity contribution >= 4 is 34.0 Å². The van der Waals surface area contributed by atoms with Crippen molar-refractivity contribution in [3.05, 3.63) is 45.4 Å². The molecular formula is C14H16ClN3OS. The topological polar surface area (TPSA) is 68.0 Å². The molecule has 1 aromatic heterocycles. The second-order valence-electron chi connectivity index (χ2n) is 4.38. The Morgan fingerprint density at radius 1 is 1.45 bits per heavy atom. The number of hydrogen-bond donors (Lipinski definition) is 2. The minimum Gasteiger partial charge on any atom is -0.330 e. The summed E-state index contributed by atoms with van der Waals surface area (Å²) < 4.78 is 0. The van der Waals surface area contributed by atoms with E-state index in [0.29, 0.717) is 18.1 Å². The molecule has 0 aliphatic heterocycles. The van der Waals surface area contributed by atoms with Crippen LogP contribution < -0.4 is 11.1 Å². The predicted molar refractivity (Wildman–Crippen MR) is 83.4 cm³/mol. The highest BCUT2D eigenvalue weighted by atomic mass is 35.5. The number of anilines is 1. The number of nitrogens with zero attached hydrogens (tertiary/aromatic N) is 1. The van der Waals surface area contributed by atoms with E-state index in [-0.39, 0.29) is 5.91 Å². The summed E-state index contributed by atoms with van der Waals surface area (Å²) in [6.07, 6.45) is 1.02. The lowest BCUT2D eigenvalue weighted by Gasteiger charge is -2.02. The van der Waals surface area contributed by atoms with Crippen LogP contribution in [0.4, 0.5) is 5.13 Å². The average molecular weight is 310 g/mol. The number of benzene rings is 1. The molecule has 0 bridgehead atoms. The molecule has 6 heteroatoms. The summed E-state index contributed by atoms with van der Waals surface area (Å²) in [5, 5.41) is 4.12. The molecule has 0 aliphatic carbocycles. The second-order valence-corrected chi connectivity index (χ2v) is 5.87. The Labute approximate surface area is 127 Å². The lowest BCUT2D eigenvalue weighted by Crippen LogP contribution is -2.15. The molecule has 0 atom stereocenters. The Balaban J connectivity index is 2.12. The van der Waals surface area contributed by atoms with Gasteiger partial charge in [-0.25, -0.2) is 4.98 Å². The zero-order chi connectivity index (χ0) is 14.5. The Bertz CT molecular complexity index is 612. The molecule has 0 saturated heterocycles. The van der Waals surface area contributed by atoms with Crippen LogP contribution >= 0.6 is 22.9 Å². The molecule has 0 radical (unpaired) electrons. The first-order valence-electron chi connectivity index (χ1n) is 6.29. The van der Waals surface area contributed by atoms with E-state index in [9.17, 15) is 4.79 Å². The highest BCUT2D eigenvalue weighted by molar-refractivity contribution is 7.15. The van der Waals surface area contributed by atoms with Crippen molar-refractivity contribution < 1.29 is 4.79 Å². The molecule has 106 valence electrons. The highest BCUT2D eigenvalue weighted by Gasteiger charge is 2.11. The molecule has 2 aromatic rings.